The molecule has 0 aromatic rings. The van der Waals surface area contributed by atoms with Crippen molar-refractivity contribution in [3.63, 3.8) is 0 Å². The first kappa shape index (κ1) is 11.4. The van der Waals surface area contributed by atoms with Crippen molar-refractivity contribution in [1.82, 2.24) is 0 Å². The largest absolute Gasteiger partial charge is 0.459 e. The SMILES string of the molecule is C=CC=C(C#N)C(=O)OCCOC. The molecule has 0 aliphatic heterocycles. The van der Waals surface area contributed by atoms with Crippen molar-refractivity contribution in [2.45, 2.75) is 0 Å². The third kappa shape index (κ3) is 4.77. The van der Waals surface area contributed by atoms with E-state index in [0.717, 1.165) is 0 Å². The van der Waals surface area contributed by atoms with Gasteiger partial charge in [-0.25, -0.2) is 4.79 Å². The van der Waals surface area contributed by atoms with Crippen LogP contribution in [-0.2, 0) is 14.3 Å². The summed E-state index contributed by atoms with van der Waals surface area (Å²) in [6, 6.07) is 1.70. The van der Waals surface area contributed by atoms with Crippen LogP contribution < -0.4 is 0 Å². The first-order valence-corrected chi connectivity index (χ1v) is 3.65. The number of hydrogen-bond donors (Lipinski definition) is 0. The fourth-order valence-electron chi connectivity index (χ4n) is 0.564. The highest BCUT2D eigenvalue weighted by molar-refractivity contribution is 5.93. The Bertz CT molecular complexity index is 250. The lowest BCUT2D eigenvalue weighted by molar-refractivity contribution is -0.139. The molecule has 0 saturated carbocycles. The van der Waals surface area contributed by atoms with Gasteiger partial charge in [0, 0.05) is 7.11 Å². The van der Waals surface area contributed by atoms with Crippen LogP contribution in [0.2, 0.25) is 0 Å². The minimum atomic E-state index is -0.653. The van der Waals surface area contributed by atoms with Crippen molar-refractivity contribution in [3.8, 4) is 6.07 Å². The van der Waals surface area contributed by atoms with E-state index in [1.165, 1.54) is 19.3 Å². The highest BCUT2D eigenvalue weighted by Crippen LogP contribution is 1.96. The van der Waals surface area contributed by atoms with E-state index in [0.29, 0.717) is 6.61 Å². The Balaban J connectivity index is 4.02. The van der Waals surface area contributed by atoms with Crippen molar-refractivity contribution < 1.29 is 14.3 Å². The standard InChI is InChI=1S/C9H11NO3/c1-3-4-8(7-10)9(11)13-6-5-12-2/h3-4H,1,5-6H2,2H3. The highest BCUT2D eigenvalue weighted by Gasteiger charge is 2.08. The van der Waals surface area contributed by atoms with E-state index in [1.54, 1.807) is 6.07 Å². The maximum Gasteiger partial charge on any atom is 0.348 e. The number of rotatable bonds is 5. The Labute approximate surface area is 77.1 Å². The Morgan fingerprint density at radius 1 is 1.62 bits per heavy atom. The zero-order chi connectivity index (χ0) is 10.1. The molecule has 0 aromatic heterocycles. The number of ether oxygens (including phenoxy) is 2. The van der Waals surface area contributed by atoms with Crippen LogP contribution in [0, 0.1) is 11.3 Å². The van der Waals surface area contributed by atoms with Crippen LogP contribution >= 0.6 is 0 Å². The molecule has 0 heterocycles. The zero-order valence-electron chi connectivity index (χ0n) is 7.45. The lowest BCUT2D eigenvalue weighted by atomic mass is 10.3. The topological polar surface area (TPSA) is 59.3 Å². The van der Waals surface area contributed by atoms with Gasteiger partial charge in [-0.05, 0) is 6.08 Å². The zero-order valence-corrected chi connectivity index (χ0v) is 7.45. The van der Waals surface area contributed by atoms with E-state index in [9.17, 15) is 4.79 Å². The van der Waals surface area contributed by atoms with Crippen LogP contribution in [0.15, 0.2) is 24.3 Å². The monoisotopic (exact) mass is 181 g/mol. The van der Waals surface area contributed by atoms with E-state index in [1.807, 2.05) is 0 Å². The molecule has 0 radical (unpaired) electrons. The van der Waals surface area contributed by atoms with Crippen molar-refractivity contribution in [3.05, 3.63) is 24.3 Å². The first-order chi connectivity index (χ1) is 6.26. The van der Waals surface area contributed by atoms with Crippen LogP contribution in [0.25, 0.3) is 0 Å². The van der Waals surface area contributed by atoms with Gasteiger partial charge in [0.2, 0.25) is 0 Å². The highest BCUT2D eigenvalue weighted by atomic mass is 16.6. The van der Waals surface area contributed by atoms with E-state index in [-0.39, 0.29) is 12.2 Å². The Hall–Kier alpha value is -1.60. The second-order valence-corrected chi connectivity index (χ2v) is 2.06. The van der Waals surface area contributed by atoms with Crippen LogP contribution in [-0.4, -0.2) is 26.3 Å². The fraction of sp³-hybridized carbons (Fsp3) is 0.333. The summed E-state index contributed by atoms with van der Waals surface area (Å²) in [7, 11) is 1.50. The predicted molar refractivity (Wildman–Crippen MR) is 46.7 cm³/mol. The number of carbonyl (C=O) groups is 1. The number of nitrogens with zero attached hydrogens (tertiary/aromatic N) is 1. The third-order valence-electron chi connectivity index (χ3n) is 1.15. The quantitative estimate of drug-likeness (QED) is 0.207. The van der Waals surface area contributed by atoms with Crippen molar-refractivity contribution in [2.75, 3.05) is 20.3 Å². The summed E-state index contributed by atoms with van der Waals surface area (Å²) in [5.74, 6) is -0.653. The van der Waals surface area contributed by atoms with Gasteiger partial charge in [-0.15, -0.1) is 0 Å². The van der Waals surface area contributed by atoms with Gasteiger partial charge in [0.25, 0.3) is 0 Å². The number of carbonyl (C=O) groups excluding carboxylic acids is 1. The molecule has 0 amide bonds. The average molecular weight is 181 g/mol. The second-order valence-electron chi connectivity index (χ2n) is 2.06. The molecule has 0 bridgehead atoms. The number of hydrogen-bond acceptors (Lipinski definition) is 4. The summed E-state index contributed by atoms with van der Waals surface area (Å²) in [5, 5.41) is 8.49. The molecule has 0 spiro atoms. The number of esters is 1. The van der Waals surface area contributed by atoms with Gasteiger partial charge in [-0.2, -0.15) is 5.26 Å². The smallest absolute Gasteiger partial charge is 0.348 e. The third-order valence-corrected chi connectivity index (χ3v) is 1.15. The van der Waals surface area contributed by atoms with Crippen molar-refractivity contribution in [1.29, 1.82) is 5.26 Å². The Kier molecular flexibility index (Phi) is 6.20. The summed E-state index contributed by atoms with van der Waals surface area (Å²) >= 11 is 0. The first-order valence-electron chi connectivity index (χ1n) is 3.65. The van der Waals surface area contributed by atoms with Crippen LogP contribution in [0.5, 0.6) is 0 Å². The number of allylic oxidation sites excluding steroid dienone is 2. The molecule has 0 saturated heterocycles. The average Bonchev–Trinajstić information content (AvgIpc) is 2.14. The molecule has 0 aromatic carbocycles. The summed E-state index contributed by atoms with van der Waals surface area (Å²) in [6.07, 6.45) is 2.66. The van der Waals surface area contributed by atoms with Gasteiger partial charge in [0.05, 0.1) is 6.61 Å². The number of nitriles is 1. The maximum absolute atomic E-state index is 11.0. The lowest BCUT2D eigenvalue weighted by Gasteiger charge is -2.01. The molecule has 0 N–H and O–H groups in total. The molecular formula is C9H11NO3. The molecule has 0 unspecified atom stereocenters. The van der Waals surface area contributed by atoms with E-state index in [2.05, 4.69) is 16.1 Å². The minimum absolute atomic E-state index is 0.0638. The van der Waals surface area contributed by atoms with Crippen LogP contribution in [0.4, 0.5) is 0 Å². The Morgan fingerprint density at radius 2 is 2.31 bits per heavy atom. The van der Waals surface area contributed by atoms with Gasteiger partial charge in [-0.3, -0.25) is 0 Å². The van der Waals surface area contributed by atoms with Crippen molar-refractivity contribution >= 4 is 5.97 Å². The molecule has 0 atom stereocenters. The molecular weight excluding hydrogens is 170 g/mol. The summed E-state index contributed by atoms with van der Waals surface area (Å²) in [4.78, 5) is 11.0. The maximum atomic E-state index is 11.0. The van der Waals surface area contributed by atoms with Crippen LogP contribution in [0.1, 0.15) is 0 Å². The van der Waals surface area contributed by atoms with Gasteiger partial charge in [-0.1, -0.05) is 12.7 Å². The molecule has 4 nitrogen and oxygen atoms in total. The summed E-state index contributed by atoms with van der Waals surface area (Å²) in [6.45, 7) is 3.83. The Morgan fingerprint density at radius 3 is 2.77 bits per heavy atom. The minimum Gasteiger partial charge on any atom is -0.459 e. The molecule has 0 rings (SSSR count). The lowest BCUT2D eigenvalue weighted by Crippen LogP contribution is -2.10. The van der Waals surface area contributed by atoms with E-state index < -0.39 is 5.97 Å². The predicted octanol–water partition coefficient (Wildman–Crippen LogP) is 0.812. The molecule has 70 valence electrons. The number of methoxy groups -OCH3 is 1. The van der Waals surface area contributed by atoms with Crippen molar-refractivity contribution in [2.24, 2.45) is 0 Å². The van der Waals surface area contributed by atoms with E-state index in [4.69, 9.17) is 5.26 Å². The van der Waals surface area contributed by atoms with Gasteiger partial charge in [0.15, 0.2) is 0 Å². The normalized spacial score (nSPS) is 10.3. The van der Waals surface area contributed by atoms with Crippen LogP contribution in [0.3, 0.4) is 0 Å². The molecule has 0 fully saturated rings. The summed E-state index contributed by atoms with van der Waals surface area (Å²) in [5.41, 5.74) is -0.0638. The van der Waals surface area contributed by atoms with Gasteiger partial charge < -0.3 is 9.47 Å². The molecule has 13 heavy (non-hydrogen) atoms. The fourth-order valence-corrected chi connectivity index (χ4v) is 0.564. The van der Waals surface area contributed by atoms with E-state index >= 15 is 0 Å². The van der Waals surface area contributed by atoms with Gasteiger partial charge in [0.1, 0.15) is 18.2 Å². The second kappa shape index (κ2) is 7.07. The molecule has 4 heteroatoms. The summed E-state index contributed by atoms with van der Waals surface area (Å²) < 4.78 is 9.35. The molecule has 0 aliphatic rings. The molecule has 0 aliphatic carbocycles. The van der Waals surface area contributed by atoms with Gasteiger partial charge >= 0.3 is 5.97 Å².